The Balaban J connectivity index is 1.41. The van der Waals surface area contributed by atoms with Crippen LogP contribution >= 0.6 is 0 Å². The minimum atomic E-state index is -3.77. The van der Waals surface area contributed by atoms with E-state index in [1.807, 2.05) is 38.1 Å². The van der Waals surface area contributed by atoms with Gasteiger partial charge in [-0.15, -0.1) is 10.2 Å². The Labute approximate surface area is 236 Å². The van der Waals surface area contributed by atoms with Gasteiger partial charge in [-0.2, -0.15) is 4.31 Å². The number of anilines is 1. The second kappa shape index (κ2) is 13.1. The lowest BCUT2D eigenvalue weighted by Gasteiger charge is -2.26. The maximum Gasteiger partial charge on any atom is 0.243 e. The van der Waals surface area contributed by atoms with Gasteiger partial charge in [0, 0.05) is 44.4 Å². The minimum absolute atomic E-state index is 0.178. The van der Waals surface area contributed by atoms with Gasteiger partial charge in [0.1, 0.15) is 11.5 Å². The summed E-state index contributed by atoms with van der Waals surface area (Å²) in [6, 6.07) is 16.1. The van der Waals surface area contributed by atoms with Crippen molar-refractivity contribution in [2.45, 2.75) is 31.6 Å². The number of carbonyl (C=O) groups excluding carboxylic acids is 1. The van der Waals surface area contributed by atoms with E-state index in [2.05, 4.69) is 15.1 Å². The smallest absolute Gasteiger partial charge is 0.243 e. The average Bonchev–Trinajstić information content (AvgIpc) is 3.23. The Kier molecular flexibility index (Phi) is 9.59. The number of aryl methyl sites for hydroxylation is 1. The number of hydrogen-bond acceptors (Lipinski definition) is 8. The summed E-state index contributed by atoms with van der Waals surface area (Å²) in [6.45, 7) is 6.22. The highest BCUT2D eigenvalue weighted by atomic mass is 32.2. The molecule has 0 N–H and O–H groups in total. The van der Waals surface area contributed by atoms with Crippen LogP contribution in [0.15, 0.2) is 59.5 Å². The molecule has 0 atom stereocenters. The molecule has 2 heterocycles. The monoisotopic (exact) mass is 567 g/mol. The summed E-state index contributed by atoms with van der Waals surface area (Å²) in [5.74, 6) is 1.87. The SMILES string of the molecule is CCCN(CC(=O)N1CCCN(c2ccc(-c3ccc(OC)cc3OC)nn2)CC1)S(=O)(=O)c1ccc(C)cc1. The number of ether oxygens (including phenoxy) is 2. The Morgan fingerprint density at radius 2 is 1.73 bits per heavy atom. The first kappa shape index (κ1) is 29.3. The average molecular weight is 568 g/mol. The fraction of sp³-hybridized carbons (Fsp3) is 0.414. The third kappa shape index (κ3) is 6.71. The van der Waals surface area contributed by atoms with Crippen LogP contribution in [0.4, 0.5) is 5.82 Å². The predicted octanol–water partition coefficient (Wildman–Crippen LogP) is 3.61. The van der Waals surface area contributed by atoms with E-state index < -0.39 is 10.0 Å². The number of methoxy groups -OCH3 is 2. The maximum absolute atomic E-state index is 13.3. The zero-order valence-electron chi connectivity index (χ0n) is 23.5. The number of aromatic nitrogens is 2. The van der Waals surface area contributed by atoms with Gasteiger partial charge in [0.15, 0.2) is 5.82 Å². The second-order valence-corrected chi connectivity index (χ2v) is 11.7. The first-order chi connectivity index (χ1) is 19.3. The molecular formula is C29H37N5O5S. The molecule has 0 saturated carbocycles. The zero-order valence-corrected chi connectivity index (χ0v) is 24.4. The Bertz CT molecular complexity index is 1400. The molecule has 1 aliphatic rings. The normalized spacial score (nSPS) is 14.2. The summed E-state index contributed by atoms with van der Waals surface area (Å²) in [4.78, 5) is 17.3. The van der Waals surface area contributed by atoms with E-state index in [-0.39, 0.29) is 23.9 Å². The Morgan fingerprint density at radius 3 is 2.38 bits per heavy atom. The van der Waals surface area contributed by atoms with Crippen molar-refractivity contribution in [2.75, 3.05) is 58.4 Å². The van der Waals surface area contributed by atoms with Crippen molar-refractivity contribution in [3.05, 3.63) is 60.2 Å². The third-order valence-corrected chi connectivity index (χ3v) is 8.81. The van der Waals surface area contributed by atoms with E-state index in [0.717, 1.165) is 23.4 Å². The second-order valence-electron chi connectivity index (χ2n) is 9.72. The Morgan fingerprint density at radius 1 is 0.950 bits per heavy atom. The lowest BCUT2D eigenvalue weighted by atomic mass is 10.1. The highest BCUT2D eigenvalue weighted by Crippen LogP contribution is 2.32. The molecule has 3 aromatic rings. The van der Waals surface area contributed by atoms with Crippen LogP contribution in [-0.4, -0.2) is 87.2 Å². The van der Waals surface area contributed by atoms with Crippen LogP contribution in [-0.2, 0) is 14.8 Å². The van der Waals surface area contributed by atoms with Crippen LogP contribution in [0, 0.1) is 6.92 Å². The van der Waals surface area contributed by atoms with E-state index in [4.69, 9.17) is 9.47 Å². The molecule has 0 aliphatic carbocycles. The fourth-order valence-electron chi connectivity index (χ4n) is 4.69. The van der Waals surface area contributed by atoms with Crippen molar-refractivity contribution in [2.24, 2.45) is 0 Å². The molecule has 4 rings (SSSR count). The summed E-state index contributed by atoms with van der Waals surface area (Å²) in [7, 11) is -0.566. The van der Waals surface area contributed by atoms with Crippen molar-refractivity contribution < 1.29 is 22.7 Å². The van der Waals surface area contributed by atoms with Gasteiger partial charge in [-0.1, -0.05) is 24.6 Å². The van der Waals surface area contributed by atoms with Gasteiger partial charge in [0.2, 0.25) is 15.9 Å². The number of hydrogen-bond donors (Lipinski definition) is 0. The molecule has 0 unspecified atom stereocenters. The van der Waals surface area contributed by atoms with Crippen molar-refractivity contribution in [3.63, 3.8) is 0 Å². The van der Waals surface area contributed by atoms with E-state index >= 15 is 0 Å². The van der Waals surface area contributed by atoms with Gasteiger partial charge in [0.05, 0.1) is 31.4 Å². The molecule has 0 radical (unpaired) electrons. The third-order valence-electron chi connectivity index (χ3n) is 6.95. The first-order valence-electron chi connectivity index (χ1n) is 13.4. The summed E-state index contributed by atoms with van der Waals surface area (Å²) in [5.41, 5.74) is 2.47. The number of benzene rings is 2. The van der Waals surface area contributed by atoms with Crippen LogP contribution in [0.1, 0.15) is 25.3 Å². The molecule has 1 saturated heterocycles. The van der Waals surface area contributed by atoms with Gasteiger partial charge in [-0.25, -0.2) is 8.42 Å². The van der Waals surface area contributed by atoms with Crippen LogP contribution in [0.5, 0.6) is 11.5 Å². The van der Waals surface area contributed by atoms with Crippen LogP contribution < -0.4 is 14.4 Å². The molecule has 214 valence electrons. The van der Waals surface area contributed by atoms with E-state index in [9.17, 15) is 13.2 Å². The van der Waals surface area contributed by atoms with Crippen molar-refractivity contribution in [1.82, 2.24) is 19.4 Å². The molecule has 40 heavy (non-hydrogen) atoms. The van der Waals surface area contributed by atoms with Gasteiger partial charge in [-0.05, 0) is 56.2 Å². The van der Waals surface area contributed by atoms with E-state index in [0.29, 0.717) is 49.8 Å². The van der Waals surface area contributed by atoms with E-state index in [1.165, 1.54) is 4.31 Å². The largest absolute Gasteiger partial charge is 0.497 e. The molecule has 1 amide bonds. The van der Waals surface area contributed by atoms with Crippen molar-refractivity contribution >= 4 is 21.7 Å². The summed E-state index contributed by atoms with van der Waals surface area (Å²) >= 11 is 0. The van der Waals surface area contributed by atoms with Gasteiger partial charge in [-0.3, -0.25) is 4.79 Å². The van der Waals surface area contributed by atoms with Crippen molar-refractivity contribution in [3.8, 4) is 22.8 Å². The minimum Gasteiger partial charge on any atom is -0.497 e. The van der Waals surface area contributed by atoms with Crippen LogP contribution in [0.2, 0.25) is 0 Å². The molecule has 0 spiro atoms. The van der Waals surface area contributed by atoms with E-state index in [1.54, 1.807) is 49.5 Å². The standard InChI is InChI=1S/C29H37N5O5S/c1-5-15-34(40(36,37)24-10-7-22(2)8-11-24)21-29(35)33-17-6-16-32(18-19-33)28-14-13-26(30-31-28)25-12-9-23(38-3)20-27(25)39-4/h7-14,20H,5-6,15-19,21H2,1-4H3. The molecule has 1 aromatic heterocycles. The summed E-state index contributed by atoms with van der Waals surface area (Å²) in [5, 5.41) is 8.88. The highest BCUT2D eigenvalue weighted by molar-refractivity contribution is 7.89. The molecule has 1 aliphatic heterocycles. The lowest BCUT2D eigenvalue weighted by Crippen LogP contribution is -2.44. The van der Waals surface area contributed by atoms with Gasteiger partial charge < -0.3 is 19.3 Å². The topological polar surface area (TPSA) is 105 Å². The Hall–Kier alpha value is -3.70. The maximum atomic E-state index is 13.3. The number of rotatable bonds is 10. The van der Waals surface area contributed by atoms with Gasteiger partial charge >= 0.3 is 0 Å². The first-order valence-corrected chi connectivity index (χ1v) is 14.9. The quantitative estimate of drug-likeness (QED) is 0.366. The zero-order chi connectivity index (χ0) is 28.7. The molecule has 11 heteroatoms. The lowest BCUT2D eigenvalue weighted by molar-refractivity contribution is -0.131. The molecule has 10 nitrogen and oxygen atoms in total. The van der Waals surface area contributed by atoms with Crippen LogP contribution in [0.3, 0.4) is 0 Å². The fourth-order valence-corrected chi connectivity index (χ4v) is 6.17. The summed E-state index contributed by atoms with van der Waals surface area (Å²) < 4.78 is 38.6. The van der Waals surface area contributed by atoms with Gasteiger partial charge in [0.25, 0.3) is 0 Å². The number of sulfonamides is 1. The number of amides is 1. The molecule has 1 fully saturated rings. The molecule has 2 aromatic carbocycles. The molecular weight excluding hydrogens is 530 g/mol. The molecule has 0 bridgehead atoms. The predicted molar refractivity (Wildman–Crippen MR) is 154 cm³/mol. The van der Waals surface area contributed by atoms with Crippen molar-refractivity contribution in [1.29, 1.82) is 0 Å². The number of carbonyl (C=O) groups is 1. The van der Waals surface area contributed by atoms with Crippen LogP contribution in [0.25, 0.3) is 11.3 Å². The summed E-state index contributed by atoms with van der Waals surface area (Å²) in [6.07, 6.45) is 1.35. The highest BCUT2D eigenvalue weighted by Gasteiger charge is 2.29. The number of nitrogens with zero attached hydrogens (tertiary/aromatic N) is 5.